The topological polar surface area (TPSA) is 76.7 Å². The summed E-state index contributed by atoms with van der Waals surface area (Å²) < 4.78 is 51.3. The van der Waals surface area contributed by atoms with Crippen molar-refractivity contribution in [3.63, 3.8) is 0 Å². The van der Waals surface area contributed by atoms with Gasteiger partial charge in [0, 0.05) is 6.54 Å². The molecule has 0 aliphatic heterocycles. The van der Waals surface area contributed by atoms with Crippen molar-refractivity contribution in [1.82, 2.24) is 10.6 Å². The van der Waals surface area contributed by atoms with Gasteiger partial charge >= 0.3 is 12.2 Å². The number of alkyl halides is 3. The second-order valence-corrected chi connectivity index (χ2v) is 6.74. The van der Waals surface area contributed by atoms with Crippen molar-refractivity contribution < 1.29 is 32.2 Å². The number of hydrogen-bond acceptors (Lipinski definition) is 4. The number of hydrogen-bond donors (Lipinski definition) is 2. The Morgan fingerprint density at radius 1 is 1.03 bits per heavy atom. The minimum absolute atomic E-state index is 0.0483. The van der Waals surface area contributed by atoms with Crippen molar-refractivity contribution in [2.75, 3.05) is 13.7 Å². The first kappa shape index (κ1) is 24.0. The van der Waals surface area contributed by atoms with Crippen LogP contribution in [0.5, 0.6) is 11.5 Å². The first-order chi connectivity index (χ1) is 14.8. The van der Waals surface area contributed by atoms with Crippen LogP contribution in [0.4, 0.5) is 18.0 Å². The third-order valence-corrected chi connectivity index (χ3v) is 4.38. The Labute approximate surface area is 178 Å². The van der Waals surface area contributed by atoms with Crippen LogP contribution in [0.2, 0.25) is 0 Å². The van der Waals surface area contributed by atoms with E-state index in [1.54, 1.807) is 24.3 Å². The van der Waals surface area contributed by atoms with Gasteiger partial charge in [-0.1, -0.05) is 50.1 Å². The van der Waals surface area contributed by atoms with E-state index in [4.69, 9.17) is 9.47 Å². The standard InChI is InChI=1S/C22H25F3N2O4/c1-3-4-8-11-26-21(29)27-20(28)16-12-19(31-14-15-9-6-5-7-10-15)18(30-2)13-17(16)22(23,24)25/h5-7,9-10,12-13H,3-4,8,11,14H2,1-2H3,(H2,26,27,28,29). The highest BCUT2D eigenvalue weighted by Gasteiger charge is 2.37. The number of unbranched alkanes of at least 4 members (excludes halogenated alkanes) is 2. The lowest BCUT2D eigenvalue weighted by molar-refractivity contribution is -0.138. The zero-order valence-corrected chi connectivity index (χ0v) is 17.3. The van der Waals surface area contributed by atoms with Gasteiger partial charge in [0.05, 0.1) is 18.2 Å². The van der Waals surface area contributed by atoms with Crippen LogP contribution >= 0.6 is 0 Å². The van der Waals surface area contributed by atoms with Gasteiger partial charge in [-0.05, 0) is 24.1 Å². The molecule has 2 rings (SSSR count). The molecule has 3 amide bonds. The summed E-state index contributed by atoms with van der Waals surface area (Å²) in [6.07, 6.45) is -2.32. The van der Waals surface area contributed by atoms with Crippen LogP contribution in [0, 0.1) is 0 Å². The fourth-order valence-electron chi connectivity index (χ4n) is 2.78. The van der Waals surface area contributed by atoms with Crippen molar-refractivity contribution in [3.8, 4) is 11.5 Å². The third kappa shape index (κ3) is 7.20. The summed E-state index contributed by atoms with van der Waals surface area (Å²) in [6, 6.07) is 9.73. The van der Waals surface area contributed by atoms with E-state index < -0.39 is 29.2 Å². The molecule has 0 aliphatic rings. The van der Waals surface area contributed by atoms with E-state index in [1.807, 2.05) is 18.3 Å². The molecule has 0 aromatic heterocycles. The first-order valence-corrected chi connectivity index (χ1v) is 9.81. The van der Waals surface area contributed by atoms with Crippen LogP contribution in [-0.2, 0) is 12.8 Å². The summed E-state index contributed by atoms with van der Waals surface area (Å²) >= 11 is 0. The molecule has 0 radical (unpaired) electrons. The van der Waals surface area contributed by atoms with Gasteiger partial charge in [-0.15, -0.1) is 0 Å². The molecule has 0 unspecified atom stereocenters. The van der Waals surface area contributed by atoms with E-state index in [0.29, 0.717) is 19.0 Å². The number of benzene rings is 2. The van der Waals surface area contributed by atoms with Crippen molar-refractivity contribution in [2.24, 2.45) is 0 Å². The van der Waals surface area contributed by atoms with E-state index in [2.05, 4.69) is 5.32 Å². The molecule has 31 heavy (non-hydrogen) atoms. The zero-order valence-electron chi connectivity index (χ0n) is 17.3. The van der Waals surface area contributed by atoms with E-state index in [1.165, 1.54) is 7.11 Å². The highest BCUT2D eigenvalue weighted by atomic mass is 19.4. The van der Waals surface area contributed by atoms with E-state index >= 15 is 0 Å². The summed E-state index contributed by atoms with van der Waals surface area (Å²) in [7, 11) is 1.20. The smallest absolute Gasteiger partial charge is 0.417 e. The summed E-state index contributed by atoms with van der Waals surface area (Å²) in [6.45, 7) is 2.36. The van der Waals surface area contributed by atoms with Crippen molar-refractivity contribution in [1.29, 1.82) is 0 Å². The Hall–Kier alpha value is -3.23. The molecule has 0 bridgehead atoms. The molecule has 0 saturated heterocycles. The average Bonchev–Trinajstić information content (AvgIpc) is 2.74. The van der Waals surface area contributed by atoms with E-state index in [9.17, 15) is 22.8 Å². The lowest BCUT2D eigenvalue weighted by Gasteiger charge is -2.17. The highest BCUT2D eigenvalue weighted by Crippen LogP contribution is 2.39. The molecular formula is C22H25F3N2O4. The maximum Gasteiger partial charge on any atom is 0.417 e. The van der Waals surface area contributed by atoms with Crippen LogP contribution in [-0.4, -0.2) is 25.6 Å². The Kier molecular flexibility index (Phi) is 8.72. The van der Waals surface area contributed by atoms with Gasteiger partial charge in [0.15, 0.2) is 11.5 Å². The Balaban J connectivity index is 2.25. The summed E-state index contributed by atoms with van der Waals surface area (Å²) in [5.74, 6) is -1.41. The lowest BCUT2D eigenvalue weighted by atomic mass is 10.0. The molecule has 0 saturated carbocycles. The molecule has 0 fully saturated rings. The normalized spacial score (nSPS) is 11.0. The molecular weight excluding hydrogens is 413 g/mol. The molecule has 2 aromatic carbocycles. The van der Waals surface area contributed by atoms with Gasteiger partial charge in [-0.25, -0.2) is 4.79 Å². The molecule has 2 aromatic rings. The second-order valence-electron chi connectivity index (χ2n) is 6.74. The number of urea groups is 1. The molecule has 6 nitrogen and oxygen atoms in total. The molecule has 0 aliphatic carbocycles. The Morgan fingerprint density at radius 3 is 2.35 bits per heavy atom. The van der Waals surface area contributed by atoms with Crippen LogP contribution in [0.25, 0.3) is 0 Å². The zero-order chi connectivity index (χ0) is 22.9. The van der Waals surface area contributed by atoms with E-state index in [0.717, 1.165) is 24.5 Å². The number of rotatable bonds is 9. The Bertz CT molecular complexity index is 886. The fourth-order valence-corrected chi connectivity index (χ4v) is 2.78. The van der Waals surface area contributed by atoms with Crippen molar-refractivity contribution >= 4 is 11.9 Å². The first-order valence-electron chi connectivity index (χ1n) is 9.81. The second kappa shape index (κ2) is 11.2. The number of methoxy groups -OCH3 is 1. The van der Waals surface area contributed by atoms with Crippen LogP contribution in [0.15, 0.2) is 42.5 Å². The van der Waals surface area contributed by atoms with Gasteiger partial charge < -0.3 is 14.8 Å². The number of carbonyl (C=O) groups excluding carboxylic acids is 2. The molecule has 0 atom stereocenters. The van der Waals surface area contributed by atoms with Crippen molar-refractivity contribution in [2.45, 2.75) is 39.0 Å². The van der Waals surface area contributed by atoms with Crippen LogP contribution in [0.3, 0.4) is 0 Å². The maximum absolute atomic E-state index is 13.6. The minimum atomic E-state index is -4.84. The minimum Gasteiger partial charge on any atom is -0.493 e. The largest absolute Gasteiger partial charge is 0.493 e. The van der Waals surface area contributed by atoms with E-state index in [-0.39, 0.29) is 18.1 Å². The van der Waals surface area contributed by atoms with Gasteiger partial charge in [-0.3, -0.25) is 10.1 Å². The molecule has 168 valence electrons. The van der Waals surface area contributed by atoms with Gasteiger partial charge in [0.2, 0.25) is 0 Å². The summed E-state index contributed by atoms with van der Waals surface area (Å²) in [4.78, 5) is 24.4. The van der Waals surface area contributed by atoms with Gasteiger partial charge in [-0.2, -0.15) is 13.2 Å². The lowest BCUT2D eigenvalue weighted by Crippen LogP contribution is -2.40. The van der Waals surface area contributed by atoms with Crippen LogP contribution in [0.1, 0.15) is 47.7 Å². The molecule has 0 spiro atoms. The number of halogens is 3. The van der Waals surface area contributed by atoms with Gasteiger partial charge in [0.1, 0.15) is 6.61 Å². The summed E-state index contributed by atoms with van der Waals surface area (Å²) in [5.41, 5.74) is -1.19. The maximum atomic E-state index is 13.6. The number of nitrogens with one attached hydrogen (secondary N) is 2. The SMILES string of the molecule is CCCCCNC(=O)NC(=O)c1cc(OCc2ccccc2)c(OC)cc1C(F)(F)F. The van der Waals surface area contributed by atoms with Gasteiger partial charge in [0.25, 0.3) is 5.91 Å². The quantitative estimate of drug-likeness (QED) is 0.545. The predicted molar refractivity (Wildman–Crippen MR) is 109 cm³/mol. The summed E-state index contributed by atoms with van der Waals surface area (Å²) in [5, 5.41) is 4.39. The van der Waals surface area contributed by atoms with Crippen molar-refractivity contribution in [3.05, 3.63) is 59.2 Å². The monoisotopic (exact) mass is 438 g/mol. The Morgan fingerprint density at radius 2 is 1.74 bits per heavy atom. The van der Waals surface area contributed by atoms with Crippen LogP contribution < -0.4 is 20.1 Å². The molecule has 0 heterocycles. The number of carbonyl (C=O) groups is 2. The average molecular weight is 438 g/mol. The number of imide groups is 1. The predicted octanol–water partition coefficient (Wildman–Crippen LogP) is 4.92. The molecule has 2 N–H and O–H groups in total. The highest BCUT2D eigenvalue weighted by molar-refractivity contribution is 6.05. The number of ether oxygens (including phenoxy) is 2. The third-order valence-electron chi connectivity index (χ3n) is 4.38. The fraction of sp³-hybridized carbons (Fsp3) is 0.364. The number of amides is 3. The molecule has 9 heteroatoms.